The molecule has 1 aromatic heterocycles. The summed E-state index contributed by atoms with van der Waals surface area (Å²) < 4.78 is 8.85. The number of nitrogens with zero attached hydrogens (tertiary/aromatic N) is 1. The predicted molar refractivity (Wildman–Crippen MR) is 98.3 cm³/mol. The molecule has 0 atom stereocenters. The number of hydrogen-bond acceptors (Lipinski definition) is 4. The predicted octanol–water partition coefficient (Wildman–Crippen LogP) is 5.56. The fourth-order valence-electron chi connectivity index (χ4n) is 2.11. The molecule has 0 saturated heterocycles. The largest absolute Gasteiger partial charge is 0.404 e. The highest BCUT2D eigenvalue weighted by Gasteiger charge is 2.14. The molecule has 23 heavy (non-hydrogen) atoms. The molecule has 0 aliphatic carbocycles. The van der Waals surface area contributed by atoms with Crippen LogP contribution in [0.15, 0.2) is 58.4 Å². The van der Waals surface area contributed by atoms with Crippen LogP contribution in [0.3, 0.4) is 0 Å². The number of halogens is 1. The maximum absolute atomic E-state index is 12.3. The summed E-state index contributed by atoms with van der Waals surface area (Å²) in [5.74, 6) is 0.0187. The third-order valence-electron chi connectivity index (χ3n) is 3.20. The molecule has 1 heterocycles. The summed E-state index contributed by atoms with van der Waals surface area (Å²) >= 11 is 10.1. The first-order valence-corrected chi connectivity index (χ1v) is 8.88. The number of benzene rings is 2. The first kappa shape index (κ1) is 16.1. The number of carbonyl (C=O) groups excluding carboxylic acids is 1. The van der Waals surface area contributed by atoms with Crippen LogP contribution in [0.25, 0.3) is 5.69 Å². The van der Waals surface area contributed by atoms with E-state index in [1.54, 1.807) is 34.2 Å². The molecule has 0 fully saturated rings. The molecule has 0 spiro atoms. The van der Waals surface area contributed by atoms with Crippen LogP contribution in [0.5, 0.6) is 5.88 Å². The molecule has 0 amide bonds. The van der Waals surface area contributed by atoms with E-state index in [0.717, 1.165) is 15.7 Å². The quantitative estimate of drug-likeness (QED) is 0.422. The summed E-state index contributed by atoms with van der Waals surface area (Å²) in [6, 6.07) is 14.9. The number of ether oxygens (including phenoxy) is 1. The topological polar surface area (TPSA) is 31.2 Å². The number of aromatic nitrogens is 1. The molecule has 0 aliphatic heterocycles. The fourth-order valence-corrected chi connectivity index (χ4v) is 3.37. The number of aryl methyl sites for hydroxylation is 1. The lowest BCUT2D eigenvalue weighted by molar-refractivity contribution is 0.0724. The summed E-state index contributed by atoms with van der Waals surface area (Å²) in [7, 11) is 0. The lowest BCUT2D eigenvalue weighted by Gasteiger charge is -2.09. The molecule has 116 valence electrons. The first-order valence-electron chi connectivity index (χ1n) is 6.80. The Labute approximate surface area is 151 Å². The summed E-state index contributed by atoms with van der Waals surface area (Å²) in [6.07, 6.45) is 0. The minimum Gasteiger partial charge on any atom is -0.404 e. The van der Waals surface area contributed by atoms with E-state index in [1.807, 2.05) is 31.2 Å². The van der Waals surface area contributed by atoms with Crippen LogP contribution < -0.4 is 4.74 Å². The van der Waals surface area contributed by atoms with Gasteiger partial charge in [-0.05, 0) is 61.1 Å². The second-order valence-corrected chi connectivity index (χ2v) is 7.33. The summed E-state index contributed by atoms with van der Waals surface area (Å²) in [4.78, 5) is 12.3. The summed E-state index contributed by atoms with van der Waals surface area (Å²) in [5.41, 5.74) is 2.48. The van der Waals surface area contributed by atoms with Gasteiger partial charge in [0, 0.05) is 4.47 Å². The number of rotatable bonds is 3. The highest BCUT2D eigenvalue weighted by atomic mass is 79.9. The van der Waals surface area contributed by atoms with Gasteiger partial charge in [0.15, 0.2) is 3.95 Å². The van der Waals surface area contributed by atoms with Gasteiger partial charge in [0.25, 0.3) is 0 Å². The van der Waals surface area contributed by atoms with Gasteiger partial charge in [-0.3, -0.25) is 4.57 Å². The van der Waals surface area contributed by atoms with Crippen LogP contribution in [-0.2, 0) is 0 Å². The van der Waals surface area contributed by atoms with Crippen molar-refractivity contribution in [2.45, 2.75) is 6.92 Å². The maximum atomic E-state index is 12.3. The van der Waals surface area contributed by atoms with E-state index in [1.165, 1.54) is 11.3 Å². The van der Waals surface area contributed by atoms with Gasteiger partial charge in [0.05, 0.1) is 16.6 Å². The molecule has 6 heteroatoms. The zero-order chi connectivity index (χ0) is 16.4. The second-order valence-electron chi connectivity index (χ2n) is 4.91. The van der Waals surface area contributed by atoms with Gasteiger partial charge in [-0.15, -0.1) is 11.3 Å². The summed E-state index contributed by atoms with van der Waals surface area (Å²) in [6.45, 7) is 2.01. The Balaban J connectivity index is 1.94. The van der Waals surface area contributed by atoms with E-state index in [9.17, 15) is 4.79 Å². The molecule has 0 bridgehead atoms. The van der Waals surface area contributed by atoms with E-state index in [4.69, 9.17) is 17.0 Å². The molecule has 0 unspecified atom stereocenters. The van der Waals surface area contributed by atoms with E-state index in [2.05, 4.69) is 15.9 Å². The average Bonchev–Trinajstić information content (AvgIpc) is 2.88. The Kier molecular flexibility index (Phi) is 4.75. The maximum Gasteiger partial charge on any atom is 0.344 e. The molecule has 2 aromatic carbocycles. The van der Waals surface area contributed by atoms with Crippen molar-refractivity contribution >= 4 is 45.5 Å². The van der Waals surface area contributed by atoms with Crippen molar-refractivity contribution in [2.75, 3.05) is 0 Å². The molecular weight excluding hydrogens is 394 g/mol. The van der Waals surface area contributed by atoms with Crippen LogP contribution in [0.1, 0.15) is 15.9 Å². The van der Waals surface area contributed by atoms with Crippen molar-refractivity contribution in [3.63, 3.8) is 0 Å². The van der Waals surface area contributed by atoms with Crippen LogP contribution >= 0.6 is 39.5 Å². The first-order chi connectivity index (χ1) is 11.0. The van der Waals surface area contributed by atoms with Crippen molar-refractivity contribution in [1.82, 2.24) is 4.57 Å². The van der Waals surface area contributed by atoms with E-state index >= 15 is 0 Å². The van der Waals surface area contributed by atoms with Gasteiger partial charge in [-0.1, -0.05) is 28.1 Å². The molecule has 3 nitrogen and oxygen atoms in total. The smallest absolute Gasteiger partial charge is 0.344 e. The summed E-state index contributed by atoms with van der Waals surface area (Å²) in [5, 5.41) is 1.75. The Hall–Kier alpha value is -1.76. The molecule has 0 aliphatic rings. The van der Waals surface area contributed by atoms with Crippen LogP contribution in [0.4, 0.5) is 0 Å². The average molecular weight is 406 g/mol. The minimum absolute atomic E-state index is 0.410. The van der Waals surface area contributed by atoms with E-state index < -0.39 is 5.97 Å². The van der Waals surface area contributed by atoms with Gasteiger partial charge in [0.1, 0.15) is 0 Å². The fraction of sp³-hybridized carbons (Fsp3) is 0.0588. The van der Waals surface area contributed by atoms with Gasteiger partial charge < -0.3 is 4.74 Å². The van der Waals surface area contributed by atoms with Gasteiger partial charge >= 0.3 is 5.97 Å². The molecule has 0 saturated carbocycles. The minimum atomic E-state index is -0.410. The normalized spacial score (nSPS) is 10.5. The number of esters is 1. The highest BCUT2D eigenvalue weighted by Crippen LogP contribution is 2.26. The van der Waals surface area contributed by atoms with Gasteiger partial charge in [-0.2, -0.15) is 0 Å². The number of carbonyl (C=O) groups is 1. The van der Waals surface area contributed by atoms with Crippen molar-refractivity contribution in [2.24, 2.45) is 0 Å². The lowest BCUT2D eigenvalue weighted by atomic mass is 10.2. The zero-order valence-electron chi connectivity index (χ0n) is 12.2. The third-order valence-corrected chi connectivity index (χ3v) is 4.90. The molecule has 3 aromatic rings. The van der Waals surface area contributed by atoms with Gasteiger partial charge in [0.2, 0.25) is 5.88 Å². The van der Waals surface area contributed by atoms with Crippen molar-refractivity contribution in [3.8, 4) is 11.6 Å². The lowest BCUT2D eigenvalue weighted by Crippen LogP contribution is -2.11. The highest BCUT2D eigenvalue weighted by molar-refractivity contribution is 9.10. The number of thiazole rings is 1. The third kappa shape index (κ3) is 3.60. The van der Waals surface area contributed by atoms with Crippen LogP contribution in [-0.4, -0.2) is 10.5 Å². The van der Waals surface area contributed by atoms with Crippen molar-refractivity contribution < 1.29 is 9.53 Å². The Morgan fingerprint density at radius 1 is 1.22 bits per heavy atom. The number of hydrogen-bond donors (Lipinski definition) is 0. The SMILES string of the molecule is Cc1cccc(-n2c(OC(=O)c3ccc(Br)cc3)csc2=S)c1. The van der Waals surface area contributed by atoms with Crippen LogP contribution in [0.2, 0.25) is 0 Å². The van der Waals surface area contributed by atoms with Crippen molar-refractivity contribution in [1.29, 1.82) is 0 Å². The molecule has 3 rings (SSSR count). The Morgan fingerprint density at radius 3 is 2.65 bits per heavy atom. The second kappa shape index (κ2) is 6.78. The van der Waals surface area contributed by atoms with E-state index in [-0.39, 0.29) is 0 Å². The zero-order valence-corrected chi connectivity index (χ0v) is 15.4. The van der Waals surface area contributed by atoms with Crippen LogP contribution in [0, 0.1) is 10.9 Å². The molecular formula is C17H12BrNO2S2. The van der Waals surface area contributed by atoms with Gasteiger partial charge in [-0.25, -0.2) is 4.79 Å². The molecule has 0 radical (unpaired) electrons. The molecule has 0 N–H and O–H groups in total. The Morgan fingerprint density at radius 2 is 1.96 bits per heavy atom. The van der Waals surface area contributed by atoms with E-state index in [0.29, 0.717) is 15.4 Å². The standard InChI is InChI=1S/C17H12BrNO2S2/c1-11-3-2-4-14(9-11)19-15(10-23-17(19)22)21-16(20)12-5-7-13(18)8-6-12/h2-10H,1H3. The van der Waals surface area contributed by atoms with Crippen molar-refractivity contribution in [3.05, 3.63) is 73.5 Å². The Bertz CT molecular complexity index is 913. The monoisotopic (exact) mass is 405 g/mol.